The quantitative estimate of drug-likeness (QED) is 0.592. The molecule has 0 aromatic rings. The summed E-state index contributed by atoms with van der Waals surface area (Å²) < 4.78 is 5.24. The van der Waals surface area contributed by atoms with Crippen LogP contribution < -0.4 is 5.73 Å². The van der Waals surface area contributed by atoms with Crippen molar-refractivity contribution in [2.45, 2.75) is 65.8 Å². The molecule has 0 aliphatic carbocycles. The molecule has 0 aromatic carbocycles. The zero-order valence-electron chi connectivity index (χ0n) is 13.9. The van der Waals surface area contributed by atoms with E-state index in [1.165, 1.54) is 32.2 Å². The van der Waals surface area contributed by atoms with Gasteiger partial charge >= 0.3 is 0 Å². The van der Waals surface area contributed by atoms with Crippen molar-refractivity contribution in [3.05, 3.63) is 0 Å². The average Bonchev–Trinajstić information content (AvgIpc) is 2.36. The number of nitrogens with two attached hydrogens (primary N) is 1. The van der Waals surface area contributed by atoms with Crippen LogP contribution in [0, 0.1) is 5.41 Å². The Morgan fingerprint density at radius 3 is 2.21 bits per heavy atom. The summed E-state index contributed by atoms with van der Waals surface area (Å²) in [6, 6.07) is 0.702. The Bertz CT molecular complexity index is 203. The smallest absolute Gasteiger partial charge is 0.0589 e. The molecule has 3 nitrogen and oxygen atoms in total. The largest absolute Gasteiger partial charge is 0.383 e. The fraction of sp³-hybridized carbons (Fsp3) is 1.00. The predicted molar refractivity (Wildman–Crippen MR) is 84.5 cm³/mol. The van der Waals surface area contributed by atoms with E-state index in [0.717, 1.165) is 26.1 Å². The first kappa shape index (κ1) is 18.9. The normalized spacial score (nSPS) is 12.6. The Balaban J connectivity index is 4.17. The van der Waals surface area contributed by atoms with Gasteiger partial charge in [-0.3, -0.25) is 4.90 Å². The van der Waals surface area contributed by atoms with Crippen LogP contribution in [-0.2, 0) is 4.74 Å². The molecule has 0 aliphatic heterocycles. The van der Waals surface area contributed by atoms with Crippen molar-refractivity contribution in [2.75, 3.05) is 33.4 Å². The zero-order chi connectivity index (χ0) is 14.7. The Morgan fingerprint density at radius 1 is 1.11 bits per heavy atom. The van der Waals surface area contributed by atoms with Gasteiger partial charge in [0, 0.05) is 19.7 Å². The van der Waals surface area contributed by atoms with E-state index in [9.17, 15) is 0 Å². The van der Waals surface area contributed by atoms with Gasteiger partial charge in [-0.1, -0.05) is 27.7 Å². The predicted octanol–water partition coefficient (Wildman–Crippen LogP) is 3.28. The Hall–Kier alpha value is -0.120. The highest BCUT2D eigenvalue weighted by molar-refractivity contribution is 4.73. The standard InChI is InChI=1S/C16H36N2O/c1-6-15(7-2)18(13-14-19-5)12-8-9-16(3,4)10-11-17/h15H,6-14,17H2,1-5H3. The summed E-state index contributed by atoms with van der Waals surface area (Å²) in [5.74, 6) is 0. The molecule has 0 rings (SSSR count). The van der Waals surface area contributed by atoms with E-state index in [-0.39, 0.29) is 0 Å². The van der Waals surface area contributed by atoms with Gasteiger partial charge in [0.1, 0.15) is 0 Å². The lowest BCUT2D eigenvalue weighted by Gasteiger charge is -2.32. The minimum atomic E-state index is 0.385. The van der Waals surface area contributed by atoms with E-state index >= 15 is 0 Å². The van der Waals surface area contributed by atoms with Gasteiger partial charge in [0.15, 0.2) is 0 Å². The van der Waals surface area contributed by atoms with Gasteiger partial charge in [-0.2, -0.15) is 0 Å². The summed E-state index contributed by atoms with van der Waals surface area (Å²) in [5.41, 5.74) is 6.06. The maximum absolute atomic E-state index is 5.68. The fourth-order valence-corrected chi connectivity index (χ4v) is 2.77. The highest BCUT2D eigenvalue weighted by atomic mass is 16.5. The second-order valence-electron chi connectivity index (χ2n) is 6.31. The van der Waals surface area contributed by atoms with Crippen molar-refractivity contribution in [1.82, 2.24) is 4.90 Å². The third-order valence-electron chi connectivity index (χ3n) is 4.16. The second kappa shape index (κ2) is 10.6. The number of hydrogen-bond acceptors (Lipinski definition) is 3. The lowest BCUT2D eigenvalue weighted by molar-refractivity contribution is 0.110. The Morgan fingerprint density at radius 2 is 1.74 bits per heavy atom. The number of rotatable bonds is 12. The molecule has 2 N–H and O–H groups in total. The van der Waals surface area contributed by atoms with E-state index in [0.29, 0.717) is 11.5 Å². The number of methoxy groups -OCH3 is 1. The van der Waals surface area contributed by atoms with Crippen LogP contribution in [0.15, 0.2) is 0 Å². The molecule has 0 heterocycles. The van der Waals surface area contributed by atoms with Gasteiger partial charge in [0.05, 0.1) is 6.61 Å². The first-order chi connectivity index (χ1) is 9.00. The topological polar surface area (TPSA) is 38.5 Å². The van der Waals surface area contributed by atoms with Crippen molar-refractivity contribution in [1.29, 1.82) is 0 Å². The molecule has 0 aromatic heterocycles. The van der Waals surface area contributed by atoms with Gasteiger partial charge in [0.25, 0.3) is 0 Å². The van der Waals surface area contributed by atoms with Crippen molar-refractivity contribution in [3.63, 3.8) is 0 Å². The van der Waals surface area contributed by atoms with Gasteiger partial charge in [-0.25, -0.2) is 0 Å². The summed E-state index contributed by atoms with van der Waals surface area (Å²) in [4.78, 5) is 2.60. The molecule has 0 aliphatic rings. The highest BCUT2D eigenvalue weighted by Gasteiger charge is 2.19. The molecule has 19 heavy (non-hydrogen) atoms. The monoisotopic (exact) mass is 272 g/mol. The third kappa shape index (κ3) is 8.61. The van der Waals surface area contributed by atoms with E-state index in [2.05, 4.69) is 32.6 Å². The molecule has 0 amide bonds. The molecule has 116 valence electrons. The third-order valence-corrected chi connectivity index (χ3v) is 4.16. The van der Waals surface area contributed by atoms with E-state index < -0.39 is 0 Å². The summed E-state index contributed by atoms with van der Waals surface area (Å²) in [7, 11) is 1.79. The molecule has 0 radical (unpaired) electrons. The van der Waals surface area contributed by atoms with E-state index in [1.807, 2.05) is 0 Å². The van der Waals surface area contributed by atoms with E-state index in [1.54, 1.807) is 7.11 Å². The lowest BCUT2D eigenvalue weighted by Crippen LogP contribution is -2.38. The van der Waals surface area contributed by atoms with Crippen LogP contribution in [0.25, 0.3) is 0 Å². The van der Waals surface area contributed by atoms with Gasteiger partial charge in [-0.15, -0.1) is 0 Å². The molecule has 0 spiro atoms. The second-order valence-corrected chi connectivity index (χ2v) is 6.31. The van der Waals surface area contributed by atoms with Crippen LogP contribution in [0.4, 0.5) is 0 Å². The molecule has 0 fully saturated rings. The minimum absolute atomic E-state index is 0.385. The van der Waals surface area contributed by atoms with Crippen LogP contribution in [0.1, 0.15) is 59.8 Å². The van der Waals surface area contributed by atoms with Crippen LogP contribution in [0.2, 0.25) is 0 Å². The SMILES string of the molecule is CCC(CC)N(CCCC(C)(C)CCN)CCOC. The fourth-order valence-electron chi connectivity index (χ4n) is 2.77. The summed E-state index contributed by atoms with van der Waals surface area (Å²) in [6.07, 6.45) is 6.09. The highest BCUT2D eigenvalue weighted by Crippen LogP contribution is 2.26. The summed E-state index contributed by atoms with van der Waals surface area (Å²) in [6.45, 7) is 13.1. The molecule has 0 unspecified atom stereocenters. The van der Waals surface area contributed by atoms with Gasteiger partial charge in [0.2, 0.25) is 0 Å². The van der Waals surface area contributed by atoms with Gasteiger partial charge in [-0.05, 0) is 50.6 Å². The van der Waals surface area contributed by atoms with Crippen molar-refractivity contribution in [2.24, 2.45) is 11.1 Å². The summed E-state index contributed by atoms with van der Waals surface area (Å²) >= 11 is 0. The first-order valence-corrected chi connectivity index (χ1v) is 7.93. The lowest BCUT2D eigenvalue weighted by atomic mass is 9.84. The molecule has 0 atom stereocenters. The van der Waals surface area contributed by atoms with Crippen molar-refractivity contribution < 1.29 is 4.74 Å². The van der Waals surface area contributed by atoms with Gasteiger partial charge < -0.3 is 10.5 Å². The number of nitrogens with zero attached hydrogens (tertiary/aromatic N) is 1. The first-order valence-electron chi connectivity index (χ1n) is 7.93. The van der Waals surface area contributed by atoms with Crippen LogP contribution in [-0.4, -0.2) is 44.3 Å². The molecule has 0 saturated heterocycles. The van der Waals surface area contributed by atoms with Crippen LogP contribution in [0.3, 0.4) is 0 Å². The maximum atomic E-state index is 5.68. The van der Waals surface area contributed by atoms with E-state index in [4.69, 9.17) is 10.5 Å². The Kier molecular flexibility index (Phi) is 10.6. The average molecular weight is 272 g/mol. The maximum Gasteiger partial charge on any atom is 0.0589 e. The molecule has 0 bridgehead atoms. The number of ether oxygens (including phenoxy) is 1. The Labute approximate surface area is 120 Å². The summed E-state index contributed by atoms with van der Waals surface area (Å²) in [5, 5.41) is 0. The molecule has 0 saturated carbocycles. The van der Waals surface area contributed by atoms with Crippen molar-refractivity contribution in [3.8, 4) is 0 Å². The van der Waals surface area contributed by atoms with Crippen molar-refractivity contribution >= 4 is 0 Å². The number of hydrogen-bond donors (Lipinski definition) is 1. The van der Waals surface area contributed by atoms with Crippen LogP contribution in [0.5, 0.6) is 0 Å². The zero-order valence-corrected chi connectivity index (χ0v) is 13.9. The molecule has 3 heteroatoms. The molecular formula is C16H36N2O. The minimum Gasteiger partial charge on any atom is -0.383 e. The molecular weight excluding hydrogens is 236 g/mol. The van der Waals surface area contributed by atoms with Crippen LogP contribution >= 0.6 is 0 Å².